The quantitative estimate of drug-likeness (QED) is 0.786. The maximum Gasteiger partial charge on any atom is 0.256 e. The molecule has 1 aromatic carbocycles. The number of aromatic amines is 1. The van der Waals surface area contributed by atoms with Gasteiger partial charge in [-0.2, -0.15) is 5.10 Å². The van der Waals surface area contributed by atoms with Crippen LogP contribution in [0.15, 0.2) is 36.9 Å². The Morgan fingerprint density at radius 3 is 2.65 bits per heavy atom. The maximum absolute atomic E-state index is 13.2. The molecule has 3 heterocycles. The van der Waals surface area contributed by atoms with E-state index in [1.54, 1.807) is 17.2 Å². The van der Waals surface area contributed by atoms with Gasteiger partial charge < -0.3 is 4.90 Å². The summed E-state index contributed by atoms with van der Waals surface area (Å²) in [6, 6.07) is 7.62. The van der Waals surface area contributed by atoms with Gasteiger partial charge in [0.2, 0.25) is 0 Å². The second kappa shape index (κ2) is 6.09. The van der Waals surface area contributed by atoms with E-state index >= 15 is 0 Å². The van der Waals surface area contributed by atoms with E-state index in [1.165, 1.54) is 29.8 Å². The second-order valence-corrected chi connectivity index (χ2v) is 7.02. The third-order valence-corrected chi connectivity index (χ3v) is 5.33. The van der Waals surface area contributed by atoms with Crippen LogP contribution in [-0.2, 0) is 12.8 Å². The van der Waals surface area contributed by atoms with Crippen LogP contribution in [-0.4, -0.2) is 48.9 Å². The fraction of sp³-hybridized carbons (Fsp3) is 0.368. The van der Waals surface area contributed by atoms with Crippen LogP contribution in [0, 0.1) is 0 Å². The number of benzene rings is 1. The van der Waals surface area contributed by atoms with Crippen LogP contribution >= 0.6 is 0 Å². The topological polar surface area (TPSA) is 79.7 Å². The van der Waals surface area contributed by atoms with Gasteiger partial charge in [-0.25, -0.2) is 0 Å². The smallest absolute Gasteiger partial charge is 0.256 e. The minimum absolute atomic E-state index is 0.0559. The predicted molar refractivity (Wildman–Crippen MR) is 95.2 cm³/mol. The Labute approximate surface area is 151 Å². The molecule has 1 fully saturated rings. The van der Waals surface area contributed by atoms with Crippen LogP contribution in [0.25, 0.3) is 5.69 Å². The van der Waals surface area contributed by atoms with Crippen LogP contribution in [0.1, 0.15) is 46.1 Å². The minimum atomic E-state index is 0.0559. The van der Waals surface area contributed by atoms with Crippen molar-refractivity contribution < 1.29 is 4.79 Å². The molecule has 0 spiro atoms. The first-order valence-electron chi connectivity index (χ1n) is 9.10. The summed E-state index contributed by atoms with van der Waals surface area (Å²) in [5.41, 5.74) is 5.27. The monoisotopic (exact) mass is 348 g/mol. The predicted octanol–water partition coefficient (Wildman–Crippen LogP) is 2.11. The number of hydrogen-bond acceptors (Lipinski definition) is 4. The summed E-state index contributed by atoms with van der Waals surface area (Å²) in [6.07, 6.45) is 7.42. The Hall–Kier alpha value is -2.96. The molecule has 0 atom stereocenters. The summed E-state index contributed by atoms with van der Waals surface area (Å²) in [5, 5.41) is 15.5. The molecule has 132 valence electrons. The molecule has 5 rings (SSSR count). The second-order valence-electron chi connectivity index (χ2n) is 7.02. The Morgan fingerprint density at radius 1 is 1.08 bits per heavy atom. The molecule has 1 amide bonds. The lowest BCUT2D eigenvalue weighted by Crippen LogP contribution is -2.34. The number of carbonyl (C=O) groups is 1. The van der Waals surface area contributed by atoms with Crippen molar-refractivity contribution in [3.8, 4) is 5.69 Å². The number of aromatic nitrogens is 5. The van der Waals surface area contributed by atoms with Crippen molar-refractivity contribution in [3.63, 3.8) is 0 Å². The Morgan fingerprint density at radius 2 is 1.85 bits per heavy atom. The molecule has 1 N–H and O–H groups in total. The molecular weight excluding hydrogens is 328 g/mol. The summed E-state index contributed by atoms with van der Waals surface area (Å²) in [7, 11) is 0. The fourth-order valence-corrected chi connectivity index (χ4v) is 3.78. The first-order chi connectivity index (χ1) is 12.8. The van der Waals surface area contributed by atoms with E-state index in [4.69, 9.17) is 0 Å². The van der Waals surface area contributed by atoms with Crippen molar-refractivity contribution in [2.45, 2.75) is 31.6 Å². The molecule has 0 bridgehead atoms. The van der Waals surface area contributed by atoms with E-state index in [2.05, 4.69) is 20.4 Å². The van der Waals surface area contributed by atoms with Crippen LogP contribution in [0.2, 0.25) is 0 Å². The van der Waals surface area contributed by atoms with E-state index in [1.807, 2.05) is 29.2 Å². The van der Waals surface area contributed by atoms with Gasteiger partial charge >= 0.3 is 0 Å². The molecule has 1 aliphatic carbocycles. The van der Waals surface area contributed by atoms with Gasteiger partial charge in [0.1, 0.15) is 12.7 Å². The van der Waals surface area contributed by atoms with Crippen LogP contribution in [0.3, 0.4) is 0 Å². The maximum atomic E-state index is 13.2. The van der Waals surface area contributed by atoms with Crippen molar-refractivity contribution in [2.75, 3.05) is 13.1 Å². The lowest BCUT2D eigenvalue weighted by Gasteiger charge is -2.22. The summed E-state index contributed by atoms with van der Waals surface area (Å²) >= 11 is 0. The number of amides is 1. The third kappa shape index (κ3) is 2.60. The highest BCUT2D eigenvalue weighted by Crippen LogP contribution is 2.41. The van der Waals surface area contributed by atoms with Gasteiger partial charge in [0, 0.05) is 31.1 Å². The van der Waals surface area contributed by atoms with Gasteiger partial charge in [0.05, 0.1) is 16.9 Å². The lowest BCUT2D eigenvalue weighted by molar-refractivity contribution is 0.0762. The molecule has 1 saturated carbocycles. The number of nitrogens with zero attached hydrogens (tertiary/aromatic N) is 5. The van der Waals surface area contributed by atoms with Gasteiger partial charge in [-0.3, -0.25) is 14.5 Å². The van der Waals surface area contributed by atoms with Crippen LogP contribution in [0.5, 0.6) is 0 Å². The number of hydrogen-bond donors (Lipinski definition) is 1. The molecule has 2 aromatic heterocycles. The summed E-state index contributed by atoms with van der Waals surface area (Å²) in [4.78, 5) is 15.2. The van der Waals surface area contributed by atoms with Crippen molar-refractivity contribution in [1.29, 1.82) is 0 Å². The van der Waals surface area contributed by atoms with Gasteiger partial charge in [0.25, 0.3) is 5.91 Å². The number of nitrogens with one attached hydrogen (secondary N) is 1. The number of para-hydroxylation sites is 1. The standard InChI is InChI=1S/C19H20N6O/c26-19(15-3-1-2-4-17(15)25-11-20-21-12-25)24-9-7-14-16(8-10-24)22-23-18(14)13-5-6-13/h1-4,11-13H,5-10H2,(H,22,23). The van der Waals surface area contributed by atoms with Crippen molar-refractivity contribution in [3.05, 3.63) is 59.4 Å². The van der Waals surface area contributed by atoms with Crippen molar-refractivity contribution in [2.24, 2.45) is 0 Å². The third-order valence-electron chi connectivity index (χ3n) is 5.33. The zero-order valence-corrected chi connectivity index (χ0v) is 14.4. The first-order valence-corrected chi connectivity index (χ1v) is 9.10. The van der Waals surface area contributed by atoms with Gasteiger partial charge in [-0.15, -0.1) is 10.2 Å². The van der Waals surface area contributed by atoms with Gasteiger partial charge in [0.15, 0.2) is 0 Å². The number of carbonyl (C=O) groups excluding carboxylic acids is 1. The molecule has 7 nitrogen and oxygen atoms in total. The van der Waals surface area contributed by atoms with Crippen molar-refractivity contribution >= 4 is 5.91 Å². The average Bonchev–Trinajstić information content (AvgIpc) is 3.29. The molecule has 0 unspecified atom stereocenters. The Bertz CT molecular complexity index is 941. The highest BCUT2D eigenvalue weighted by atomic mass is 16.2. The largest absolute Gasteiger partial charge is 0.338 e. The molecule has 0 radical (unpaired) electrons. The summed E-state index contributed by atoms with van der Waals surface area (Å²) in [6.45, 7) is 1.43. The normalized spacial score (nSPS) is 17.0. The molecule has 3 aromatic rings. The van der Waals surface area contributed by atoms with Gasteiger partial charge in [-0.05, 0) is 37.0 Å². The number of rotatable bonds is 3. The molecule has 26 heavy (non-hydrogen) atoms. The molecular formula is C19H20N6O. The molecule has 1 aliphatic heterocycles. The van der Waals surface area contributed by atoms with E-state index in [-0.39, 0.29) is 5.91 Å². The van der Waals surface area contributed by atoms with E-state index in [0.29, 0.717) is 18.0 Å². The fourth-order valence-electron chi connectivity index (χ4n) is 3.78. The Kier molecular flexibility index (Phi) is 3.58. The van der Waals surface area contributed by atoms with E-state index in [0.717, 1.165) is 25.1 Å². The van der Waals surface area contributed by atoms with E-state index < -0.39 is 0 Å². The SMILES string of the molecule is O=C(c1ccccc1-n1cnnc1)N1CCc2[nH]nc(C3CC3)c2CC1. The number of H-pyrrole nitrogens is 1. The van der Waals surface area contributed by atoms with Crippen LogP contribution in [0.4, 0.5) is 0 Å². The first kappa shape index (κ1) is 15.3. The average molecular weight is 348 g/mol. The highest BCUT2D eigenvalue weighted by molar-refractivity contribution is 5.97. The minimum Gasteiger partial charge on any atom is -0.338 e. The van der Waals surface area contributed by atoms with Gasteiger partial charge in [-0.1, -0.05) is 12.1 Å². The Balaban J connectivity index is 1.41. The number of fused-ring (bicyclic) bond motifs is 1. The molecule has 0 saturated heterocycles. The molecule has 2 aliphatic rings. The zero-order chi connectivity index (χ0) is 17.5. The zero-order valence-electron chi connectivity index (χ0n) is 14.4. The summed E-state index contributed by atoms with van der Waals surface area (Å²) < 4.78 is 1.78. The highest BCUT2D eigenvalue weighted by Gasteiger charge is 2.32. The van der Waals surface area contributed by atoms with Crippen LogP contribution < -0.4 is 0 Å². The lowest BCUT2D eigenvalue weighted by atomic mass is 10.1. The summed E-state index contributed by atoms with van der Waals surface area (Å²) in [5.74, 6) is 0.687. The van der Waals surface area contributed by atoms with Crippen molar-refractivity contribution in [1.82, 2.24) is 29.9 Å². The van der Waals surface area contributed by atoms with E-state index in [9.17, 15) is 4.79 Å². The molecule has 7 heteroatoms.